The number of sulfonamides is 1. The summed E-state index contributed by atoms with van der Waals surface area (Å²) < 4.78 is 28.8. The van der Waals surface area contributed by atoms with Gasteiger partial charge in [-0.05, 0) is 36.5 Å². The third kappa shape index (κ3) is 5.15. The zero-order chi connectivity index (χ0) is 23.4. The van der Waals surface area contributed by atoms with Gasteiger partial charge in [0.2, 0.25) is 10.0 Å². The number of rotatable bonds is 9. The molecule has 0 saturated heterocycles. The topological polar surface area (TPSA) is 84.6 Å². The second kappa shape index (κ2) is 10.4. The summed E-state index contributed by atoms with van der Waals surface area (Å²) in [6.45, 7) is 4.42. The van der Waals surface area contributed by atoms with E-state index in [-0.39, 0.29) is 16.4 Å². The molecule has 0 aliphatic heterocycles. The van der Waals surface area contributed by atoms with Crippen molar-refractivity contribution in [3.05, 3.63) is 53.7 Å². The maximum Gasteiger partial charge on any atom is 0.244 e. The normalized spacial score (nSPS) is 15.4. The van der Waals surface area contributed by atoms with Crippen molar-refractivity contribution in [1.29, 1.82) is 0 Å². The monoisotopic (exact) mass is 486 g/mol. The fraction of sp³-hybridized carbons (Fsp3) is 0.458. The van der Waals surface area contributed by atoms with Gasteiger partial charge < -0.3 is 0 Å². The summed E-state index contributed by atoms with van der Waals surface area (Å²) in [5, 5.41) is 8.77. The van der Waals surface area contributed by atoms with E-state index in [9.17, 15) is 13.2 Å². The molecule has 1 aliphatic rings. The van der Waals surface area contributed by atoms with Crippen molar-refractivity contribution < 1.29 is 13.2 Å². The number of aromatic nitrogens is 3. The van der Waals surface area contributed by atoms with Crippen molar-refractivity contribution in [2.24, 2.45) is 0 Å². The summed E-state index contributed by atoms with van der Waals surface area (Å²) in [5.41, 5.74) is 2.55. The molecule has 176 valence electrons. The molecule has 0 spiro atoms. The summed E-state index contributed by atoms with van der Waals surface area (Å²) in [6.07, 6.45) is 7.89. The Morgan fingerprint density at radius 2 is 1.73 bits per heavy atom. The SMILES string of the molecule is CCN(CC)S(=O)(=O)c1ccc2nnc(SCC(=O)c3ccc(C4CCCCC4)cc3)n2c1. The lowest BCUT2D eigenvalue weighted by atomic mass is 9.84. The molecule has 1 aliphatic carbocycles. The predicted octanol–water partition coefficient (Wildman–Crippen LogP) is 4.78. The number of hydrogen-bond acceptors (Lipinski definition) is 6. The minimum absolute atomic E-state index is 0.0128. The molecule has 1 aromatic carbocycles. The van der Waals surface area contributed by atoms with E-state index < -0.39 is 10.0 Å². The van der Waals surface area contributed by atoms with Crippen molar-refractivity contribution in [2.45, 2.75) is 61.9 Å². The van der Waals surface area contributed by atoms with Gasteiger partial charge in [0.1, 0.15) is 0 Å². The molecule has 0 N–H and O–H groups in total. The first kappa shape index (κ1) is 23.9. The number of ketones is 1. The third-order valence-electron chi connectivity index (χ3n) is 6.33. The van der Waals surface area contributed by atoms with Gasteiger partial charge >= 0.3 is 0 Å². The Morgan fingerprint density at radius 1 is 1.03 bits per heavy atom. The standard InChI is InChI=1S/C24H30N4O3S2/c1-3-27(4-2)33(30,31)21-14-15-23-25-26-24(28(23)16-21)32-17-22(29)20-12-10-19(11-13-20)18-8-6-5-7-9-18/h10-16,18H,3-9,17H2,1-2H3. The van der Waals surface area contributed by atoms with Crippen LogP contribution in [0.1, 0.15) is 67.8 Å². The third-order valence-corrected chi connectivity index (χ3v) is 9.31. The van der Waals surface area contributed by atoms with Gasteiger partial charge in [-0.3, -0.25) is 9.20 Å². The molecule has 0 unspecified atom stereocenters. The van der Waals surface area contributed by atoms with Crippen LogP contribution < -0.4 is 0 Å². The van der Waals surface area contributed by atoms with E-state index in [2.05, 4.69) is 22.3 Å². The Labute approximate surface area is 199 Å². The average Bonchev–Trinajstić information content (AvgIpc) is 3.26. The number of fused-ring (bicyclic) bond motifs is 1. The zero-order valence-electron chi connectivity index (χ0n) is 19.1. The van der Waals surface area contributed by atoms with Gasteiger partial charge in [-0.2, -0.15) is 4.31 Å². The Bertz CT molecular complexity index is 1210. The van der Waals surface area contributed by atoms with Crippen LogP contribution >= 0.6 is 11.8 Å². The lowest BCUT2D eigenvalue weighted by molar-refractivity contribution is 0.102. The van der Waals surface area contributed by atoms with Crippen molar-refractivity contribution in [2.75, 3.05) is 18.8 Å². The predicted molar refractivity (Wildman–Crippen MR) is 130 cm³/mol. The molecule has 33 heavy (non-hydrogen) atoms. The van der Waals surface area contributed by atoms with E-state index in [0.29, 0.717) is 35.4 Å². The molecule has 1 fully saturated rings. The highest BCUT2D eigenvalue weighted by Crippen LogP contribution is 2.32. The van der Waals surface area contributed by atoms with Crippen LogP contribution in [0, 0.1) is 0 Å². The fourth-order valence-corrected chi connectivity index (χ4v) is 6.67. The highest BCUT2D eigenvalue weighted by Gasteiger charge is 2.23. The number of Topliss-reactive ketones (excluding diaryl/α,β-unsaturated/α-hetero) is 1. The number of nitrogens with zero attached hydrogens (tertiary/aromatic N) is 4. The Hall–Kier alpha value is -2.23. The van der Waals surface area contributed by atoms with Crippen molar-refractivity contribution in [3.8, 4) is 0 Å². The lowest BCUT2D eigenvalue weighted by Crippen LogP contribution is -2.30. The Morgan fingerprint density at radius 3 is 2.39 bits per heavy atom. The molecule has 4 rings (SSSR count). The van der Waals surface area contributed by atoms with E-state index in [1.54, 1.807) is 16.5 Å². The van der Waals surface area contributed by atoms with Crippen LogP contribution in [0.3, 0.4) is 0 Å². The van der Waals surface area contributed by atoms with Gasteiger partial charge in [0.05, 0.1) is 10.6 Å². The number of carbonyl (C=O) groups excluding carboxylic acids is 1. The van der Waals surface area contributed by atoms with Crippen LogP contribution in [0.4, 0.5) is 0 Å². The molecule has 9 heteroatoms. The molecular weight excluding hydrogens is 456 g/mol. The lowest BCUT2D eigenvalue weighted by Gasteiger charge is -2.22. The fourth-order valence-electron chi connectivity index (χ4n) is 4.40. The number of hydrogen-bond donors (Lipinski definition) is 0. The second-order valence-electron chi connectivity index (χ2n) is 8.33. The van der Waals surface area contributed by atoms with Gasteiger partial charge in [-0.1, -0.05) is 69.1 Å². The summed E-state index contributed by atoms with van der Waals surface area (Å²) in [6, 6.07) is 11.2. The van der Waals surface area contributed by atoms with Gasteiger partial charge in [0, 0.05) is 24.8 Å². The summed E-state index contributed by atoms with van der Waals surface area (Å²) in [4.78, 5) is 13.0. The summed E-state index contributed by atoms with van der Waals surface area (Å²) >= 11 is 1.26. The van der Waals surface area contributed by atoms with Gasteiger partial charge in [0.15, 0.2) is 16.6 Å². The highest BCUT2D eigenvalue weighted by atomic mass is 32.2. The number of thioether (sulfide) groups is 1. The quantitative estimate of drug-likeness (QED) is 0.320. The van der Waals surface area contributed by atoms with E-state index >= 15 is 0 Å². The minimum Gasteiger partial charge on any atom is -0.293 e. The van der Waals surface area contributed by atoms with E-state index in [0.717, 1.165) is 0 Å². The first-order valence-electron chi connectivity index (χ1n) is 11.5. The first-order valence-corrected chi connectivity index (χ1v) is 14.0. The average molecular weight is 487 g/mol. The van der Waals surface area contributed by atoms with Crippen LogP contribution in [-0.4, -0.2) is 51.9 Å². The molecule has 1 saturated carbocycles. The van der Waals surface area contributed by atoms with Crippen LogP contribution in [0.5, 0.6) is 0 Å². The van der Waals surface area contributed by atoms with Crippen molar-refractivity contribution in [1.82, 2.24) is 18.9 Å². The van der Waals surface area contributed by atoms with Crippen LogP contribution in [-0.2, 0) is 10.0 Å². The number of pyridine rings is 1. The molecule has 3 aromatic rings. The molecular formula is C24H30N4O3S2. The Balaban J connectivity index is 1.47. The minimum atomic E-state index is -3.59. The molecule has 2 heterocycles. The van der Waals surface area contributed by atoms with Gasteiger partial charge in [-0.25, -0.2) is 8.42 Å². The van der Waals surface area contributed by atoms with E-state index in [4.69, 9.17) is 0 Å². The van der Waals surface area contributed by atoms with E-state index in [1.165, 1.54) is 59.9 Å². The highest BCUT2D eigenvalue weighted by molar-refractivity contribution is 7.99. The summed E-state index contributed by atoms with van der Waals surface area (Å²) in [7, 11) is -3.59. The van der Waals surface area contributed by atoms with Gasteiger partial charge in [-0.15, -0.1) is 10.2 Å². The van der Waals surface area contributed by atoms with Crippen LogP contribution in [0.15, 0.2) is 52.6 Å². The molecule has 0 bridgehead atoms. The molecule has 2 aromatic heterocycles. The molecule has 0 atom stereocenters. The number of benzene rings is 1. The maximum atomic E-state index is 12.9. The van der Waals surface area contributed by atoms with Crippen LogP contribution in [0.2, 0.25) is 0 Å². The molecule has 7 nitrogen and oxygen atoms in total. The maximum absolute atomic E-state index is 12.9. The summed E-state index contributed by atoms with van der Waals surface area (Å²) in [5.74, 6) is 0.830. The van der Waals surface area contributed by atoms with Crippen molar-refractivity contribution >= 4 is 33.2 Å². The number of carbonyl (C=O) groups is 1. The molecule has 0 amide bonds. The van der Waals surface area contributed by atoms with Crippen LogP contribution in [0.25, 0.3) is 5.65 Å². The molecule has 0 radical (unpaired) electrons. The van der Waals surface area contributed by atoms with Crippen molar-refractivity contribution in [3.63, 3.8) is 0 Å². The smallest absolute Gasteiger partial charge is 0.244 e. The first-order chi connectivity index (χ1) is 15.9. The van der Waals surface area contributed by atoms with E-state index in [1.807, 2.05) is 26.0 Å². The largest absolute Gasteiger partial charge is 0.293 e. The second-order valence-corrected chi connectivity index (χ2v) is 11.2. The van der Waals surface area contributed by atoms with Gasteiger partial charge in [0.25, 0.3) is 0 Å². The Kier molecular flexibility index (Phi) is 7.51. The zero-order valence-corrected chi connectivity index (χ0v) is 20.7.